The van der Waals surface area contributed by atoms with Gasteiger partial charge in [0.05, 0.1) is 17.1 Å². The average molecular weight is 293 g/mol. The number of rotatable bonds is 6. The van der Waals surface area contributed by atoms with Crippen molar-refractivity contribution in [2.24, 2.45) is 0 Å². The fraction of sp³-hybridized carbons (Fsp3) is 0.643. The van der Waals surface area contributed by atoms with Crippen molar-refractivity contribution in [3.63, 3.8) is 0 Å². The van der Waals surface area contributed by atoms with E-state index in [1.165, 1.54) is 25.0 Å². The predicted molar refractivity (Wildman–Crippen MR) is 83.8 cm³/mol. The molecule has 0 bridgehead atoms. The standard InChI is InChI=1S/C14H23N5O2/c1-3-15-13-8-12(19(20)21)9-14(17-13)16-10-11-6-4-5-7-18(11)2/h8-9,11H,3-7,10H2,1-2H3,(H2,15,16,17). The smallest absolute Gasteiger partial charge is 0.276 e. The van der Waals surface area contributed by atoms with Gasteiger partial charge in [-0.15, -0.1) is 0 Å². The van der Waals surface area contributed by atoms with E-state index in [9.17, 15) is 10.1 Å². The first-order valence-electron chi connectivity index (χ1n) is 7.44. The Hall–Kier alpha value is -1.89. The van der Waals surface area contributed by atoms with Gasteiger partial charge in [-0.3, -0.25) is 10.1 Å². The number of likely N-dealkylation sites (tertiary alicyclic amines) is 1. The van der Waals surface area contributed by atoms with Crippen molar-refractivity contribution in [3.05, 3.63) is 22.2 Å². The molecule has 1 aliphatic heterocycles. The number of pyridine rings is 1. The van der Waals surface area contributed by atoms with Gasteiger partial charge in [0.15, 0.2) is 0 Å². The van der Waals surface area contributed by atoms with Crippen LogP contribution in [0.4, 0.5) is 17.3 Å². The topological polar surface area (TPSA) is 83.3 Å². The van der Waals surface area contributed by atoms with Gasteiger partial charge in [0, 0.05) is 19.1 Å². The molecule has 7 nitrogen and oxygen atoms in total. The van der Waals surface area contributed by atoms with Gasteiger partial charge in [-0.25, -0.2) is 4.98 Å². The molecule has 0 spiro atoms. The maximum Gasteiger partial charge on any atom is 0.276 e. The summed E-state index contributed by atoms with van der Waals surface area (Å²) in [6.07, 6.45) is 3.63. The number of nitrogens with one attached hydrogen (secondary N) is 2. The van der Waals surface area contributed by atoms with E-state index in [2.05, 4.69) is 27.6 Å². The number of hydrogen-bond acceptors (Lipinski definition) is 6. The Morgan fingerprint density at radius 1 is 1.38 bits per heavy atom. The third-order valence-corrected chi connectivity index (χ3v) is 3.82. The first kappa shape index (κ1) is 15.5. The van der Waals surface area contributed by atoms with E-state index in [-0.39, 0.29) is 10.6 Å². The van der Waals surface area contributed by atoms with E-state index in [0.717, 1.165) is 19.5 Å². The zero-order valence-corrected chi connectivity index (χ0v) is 12.6. The average Bonchev–Trinajstić information content (AvgIpc) is 2.46. The van der Waals surface area contributed by atoms with Gasteiger partial charge in [-0.2, -0.15) is 0 Å². The van der Waals surface area contributed by atoms with Crippen LogP contribution < -0.4 is 10.6 Å². The van der Waals surface area contributed by atoms with Gasteiger partial charge in [0.2, 0.25) is 0 Å². The van der Waals surface area contributed by atoms with Crippen LogP contribution in [0.15, 0.2) is 12.1 Å². The Labute approximate surface area is 124 Å². The summed E-state index contributed by atoms with van der Waals surface area (Å²) < 4.78 is 0. The summed E-state index contributed by atoms with van der Waals surface area (Å²) in [4.78, 5) is 17.3. The summed E-state index contributed by atoms with van der Waals surface area (Å²) >= 11 is 0. The second-order valence-electron chi connectivity index (χ2n) is 5.39. The van der Waals surface area contributed by atoms with E-state index in [1.54, 1.807) is 0 Å². The highest BCUT2D eigenvalue weighted by Crippen LogP contribution is 2.21. The number of anilines is 2. The van der Waals surface area contributed by atoms with E-state index >= 15 is 0 Å². The van der Waals surface area contributed by atoms with E-state index in [0.29, 0.717) is 24.2 Å². The maximum absolute atomic E-state index is 11.0. The Bertz CT molecular complexity index is 494. The van der Waals surface area contributed by atoms with Crippen molar-refractivity contribution in [1.82, 2.24) is 9.88 Å². The molecule has 0 aliphatic carbocycles. The molecule has 1 aromatic rings. The molecule has 2 rings (SSSR count). The molecule has 0 aromatic carbocycles. The molecule has 2 N–H and O–H groups in total. The van der Waals surface area contributed by atoms with E-state index in [4.69, 9.17) is 0 Å². The predicted octanol–water partition coefficient (Wildman–Crippen LogP) is 2.32. The normalized spacial score (nSPS) is 19.2. The molecule has 1 aliphatic rings. The zero-order chi connectivity index (χ0) is 15.2. The Balaban J connectivity index is 2.05. The largest absolute Gasteiger partial charge is 0.370 e. The summed E-state index contributed by atoms with van der Waals surface area (Å²) in [6, 6.07) is 3.41. The minimum absolute atomic E-state index is 0.0560. The zero-order valence-electron chi connectivity index (χ0n) is 12.6. The number of nitrogens with zero attached hydrogens (tertiary/aromatic N) is 3. The molecule has 2 heterocycles. The van der Waals surface area contributed by atoms with Crippen LogP contribution in [-0.2, 0) is 0 Å². The van der Waals surface area contributed by atoms with Gasteiger partial charge in [0.25, 0.3) is 5.69 Å². The number of aromatic nitrogens is 1. The maximum atomic E-state index is 11.0. The van der Waals surface area contributed by atoms with Crippen molar-refractivity contribution >= 4 is 17.3 Å². The molecule has 1 aromatic heterocycles. The first-order valence-corrected chi connectivity index (χ1v) is 7.44. The third-order valence-electron chi connectivity index (χ3n) is 3.82. The van der Waals surface area contributed by atoms with E-state index in [1.807, 2.05) is 6.92 Å². The minimum Gasteiger partial charge on any atom is -0.370 e. The molecule has 1 atom stereocenters. The van der Waals surface area contributed by atoms with Crippen LogP contribution in [0, 0.1) is 10.1 Å². The Morgan fingerprint density at radius 2 is 2.10 bits per heavy atom. The van der Waals surface area contributed by atoms with Gasteiger partial charge in [-0.05, 0) is 33.4 Å². The van der Waals surface area contributed by atoms with Crippen LogP contribution in [0.1, 0.15) is 26.2 Å². The van der Waals surface area contributed by atoms with Crippen LogP contribution in [0.5, 0.6) is 0 Å². The molecule has 0 saturated carbocycles. The Kier molecular flexibility index (Phi) is 5.32. The van der Waals surface area contributed by atoms with Crippen molar-refractivity contribution in [2.75, 3.05) is 37.3 Å². The van der Waals surface area contributed by atoms with E-state index < -0.39 is 0 Å². The molecule has 0 amide bonds. The lowest BCUT2D eigenvalue weighted by molar-refractivity contribution is -0.384. The number of piperidine rings is 1. The number of nitro groups is 1. The Morgan fingerprint density at radius 3 is 2.71 bits per heavy atom. The lowest BCUT2D eigenvalue weighted by atomic mass is 10.0. The van der Waals surface area contributed by atoms with Gasteiger partial charge in [0.1, 0.15) is 11.6 Å². The third kappa shape index (κ3) is 4.29. The van der Waals surface area contributed by atoms with Crippen molar-refractivity contribution in [3.8, 4) is 0 Å². The quantitative estimate of drug-likeness (QED) is 0.618. The van der Waals surface area contributed by atoms with Gasteiger partial charge >= 0.3 is 0 Å². The molecule has 1 fully saturated rings. The minimum atomic E-state index is -0.388. The molecular weight excluding hydrogens is 270 g/mol. The monoisotopic (exact) mass is 293 g/mol. The van der Waals surface area contributed by atoms with Crippen LogP contribution >= 0.6 is 0 Å². The SMILES string of the molecule is CCNc1cc([N+](=O)[O-])cc(NCC2CCCCN2C)n1. The molecule has 7 heteroatoms. The first-order chi connectivity index (χ1) is 10.1. The molecule has 0 radical (unpaired) electrons. The van der Waals surface area contributed by atoms with Crippen molar-refractivity contribution in [2.45, 2.75) is 32.2 Å². The second-order valence-corrected chi connectivity index (χ2v) is 5.39. The van der Waals surface area contributed by atoms with Crippen molar-refractivity contribution < 1.29 is 4.92 Å². The summed E-state index contributed by atoms with van der Waals surface area (Å²) in [7, 11) is 2.12. The highest BCUT2D eigenvalue weighted by molar-refractivity contribution is 5.54. The van der Waals surface area contributed by atoms with Crippen LogP contribution in [-0.4, -0.2) is 47.5 Å². The summed E-state index contributed by atoms with van der Waals surface area (Å²) in [5.74, 6) is 1.09. The summed E-state index contributed by atoms with van der Waals surface area (Å²) in [6.45, 7) is 4.48. The fourth-order valence-electron chi connectivity index (χ4n) is 2.61. The van der Waals surface area contributed by atoms with Crippen LogP contribution in [0.25, 0.3) is 0 Å². The molecule has 21 heavy (non-hydrogen) atoms. The highest BCUT2D eigenvalue weighted by atomic mass is 16.6. The lowest BCUT2D eigenvalue weighted by Gasteiger charge is -2.32. The fourth-order valence-corrected chi connectivity index (χ4v) is 2.61. The molecule has 1 unspecified atom stereocenters. The second kappa shape index (κ2) is 7.21. The summed E-state index contributed by atoms with van der Waals surface area (Å²) in [5, 5.41) is 17.2. The number of likely N-dealkylation sites (N-methyl/N-ethyl adjacent to an activating group) is 1. The summed E-state index contributed by atoms with van der Waals surface area (Å²) in [5.41, 5.74) is 0.0560. The van der Waals surface area contributed by atoms with Crippen LogP contribution in [0.2, 0.25) is 0 Å². The molecule has 1 saturated heterocycles. The van der Waals surface area contributed by atoms with Gasteiger partial charge in [-0.1, -0.05) is 6.42 Å². The molecule has 116 valence electrons. The van der Waals surface area contributed by atoms with Crippen LogP contribution in [0.3, 0.4) is 0 Å². The lowest BCUT2D eigenvalue weighted by Crippen LogP contribution is -2.40. The molecular formula is C14H23N5O2. The number of hydrogen-bond donors (Lipinski definition) is 2. The van der Waals surface area contributed by atoms with Gasteiger partial charge < -0.3 is 15.5 Å². The van der Waals surface area contributed by atoms with Crippen molar-refractivity contribution in [1.29, 1.82) is 0 Å². The highest BCUT2D eigenvalue weighted by Gasteiger charge is 2.19.